The van der Waals surface area contributed by atoms with Gasteiger partial charge in [-0.25, -0.2) is 9.37 Å². The van der Waals surface area contributed by atoms with Crippen LogP contribution in [0, 0.1) is 6.92 Å². The van der Waals surface area contributed by atoms with E-state index in [1.54, 1.807) is 19.1 Å². The lowest BCUT2D eigenvalue weighted by Gasteiger charge is -2.40. The van der Waals surface area contributed by atoms with Crippen LogP contribution in [0.25, 0.3) is 33.4 Å². The maximum absolute atomic E-state index is 15.1. The molecule has 3 aromatic heterocycles. The molecule has 7 nitrogen and oxygen atoms in total. The van der Waals surface area contributed by atoms with Crippen LogP contribution in [-0.2, 0) is 0 Å². The van der Waals surface area contributed by atoms with Gasteiger partial charge in [0.2, 0.25) is 0 Å². The molecule has 2 N–H and O–H groups in total. The normalized spacial score (nSPS) is 21.8. The second-order valence-corrected chi connectivity index (χ2v) is 8.21. The van der Waals surface area contributed by atoms with Gasteiger partial charge in [-0.2, -0.15) is 0 Å². The Labute approximate surface area is 166 Å². The number of piperidine rings is 1. The van der Waals surface area contributed by atoms with Crippen LogP contribution in [-0.4, -0.2) is 43.1 Å². The Balaban J connectivity index is 1.57. The molecule has 0 amide bonds. The minimum atomic E-state index is -1.05. The van der Waals surface area contributed by atoms with Crippen LogP contribution in [0.15, 0.2) is 34.9 Å². The molecule has 0 radical (unpaired) electrons. The Kier molecular flexibility index (Phi) is 3.89. The van der Waals surface area contributed by atoms with E-state index in [2.05, 4.69) is 20.5 Å². The monoisotopic (exact) mass is 395 g/mol. The molecule has 5 rings (SSSR count). The van der Waals surface area contributed by atoms with Crippen LogP contribution in [0.5, 0.6) is 5.75 Å². The Morgan fingerprint density at radius 2 is 2.10 bits per heavy atom. The summed E-state index contributed by atoms with van der Waals surface area (Å²) in [6.07, 6.45) is 1.50. The fraction of sp³-hybridized carbons (Fsp3) is 0.381. The van der Waals surface area contributed by atoms with E-state index in [0.29, 0.717) is 40.3 Å². The lowest BCUT2D eigenvalue weighted by molar-refractivity contribution is 0.0838. The zero-order valence-electron chi connectivity index (χ0n) is 16.5. The SMILES string of the molecule is Cc1nc2cc(O)c(-c3cc4ccn([C@H]5CCNC(C)(C)[C@H]5F)c4nn3)cc2o1. The Morgan fingerprint density at radius 3 is 2.93 bits per heavy atom. The molecule has 29 heavy (non-hydrogen) atoms. The average Bonchev–Trinajstić information content (AvgIpc) is 3.25. The van der Waals surface area contributed by atoms with Gasteiger partial charge in [0.1, 0.15) is 17.4 Å². The highest BCUT2D eigenvalue weighted by atomic mass is 19.1. The van der Waals surface area contributed by atoms with Gasteiger partial charge in [0.05, 0.1) is 11.7 Å². The van der Waals surface area contributed by atoms with Crippen LogP contribution in [0.3, 0.4) is 0 Å². The number of fused-ring (bicyclic) bond motifs is 2. The quantitative estimate of drug-likeness (QED) is 0.535. The van der Waals surface area contributed by atoms with E-state index in [9.17, 15) is 5.11 Å². The minimum Gasteiger partial charge on any atom is -0.507 e. The third-order valence-corrected chi connectivity index (χ3v) is 5.76. The highest BCUT2D eigenvalue weighted by Crippen LogP contribution is 2.36. The molecule has 1 aliphatic heterocycles. The van der Waals surface area contributed by atoms with Crippen molar-refractivity contribution in [2.75, 3.05) is 6.54 Å². The minimum absolute atomic E-state index is 0.0582. The van der Waals surface area contributed by atoms with Crippen LogP contribution in [0.2, 0.25) is 0 Å². The fourth-order valence-electron chi connectivity index (χ4n) is 4.18. The molecule has 0 spiro atoms. The van der Waals surface area contributed by atoms with Gasteiger partial charge in [-0.1, -0.05) is 0 Å². The first-order chi connectivity index (χ1) is 13.8. The first-order valence-electron chi connectivity index (χ1n) is 9.67. The molecule has 2 atom stereocenters. The Hall–Kier alpha value is -3.00. The van der Waals surface area contributed by atoms with Crippen molar-refractivity contribution in [1.82, 2.24) is 25.1 Å². The van der Waals surface area contributed by atoms with Gasteiger partial charge >= 0.3 is 0 Å². The predicted octanol–water partition coefficient (Wildman–Crippen LogP) is 3.90. The highest BCUT2D eigenvalue weighted by Gasteiger charge is 2.40. The van der Waals surface area contributed by atoms with Crippen molar-refractivity contribution in [1.29, 1.82) is 0 Å². The molecular formula is C21H22FN5O2. The number of nitrogens with zero attached hydrogens (tertiary/aromatic N) is 4. The van der Waals surface area contributed by atoms with Gasteiger partial charge < -0.3 is 19.4 Å². The number of alkyl halides is 1. The van der Waals surface area contributed by atoms with Crippen molar-refractivity contribution in [3.05, 3.63) is 36.4 Å². The summed E-state index contributed by atoms with van der Waals surface area (Å²) in [4.78, 5) is 4.23. The molecule has 1 saturated heterocycles. The summed E-state index contributed by atoms with van der Waals surface area (Å²) < 4.78 is 22.5. The molecule has 150 valence electrons. The van der Waals surface area contributed by atoms with E-state index in [0.717, 1.165) is 11.9 Å². The number of oxazole rings is 1. The zero-order valence-corrected chi connectivity index (χ0v) is 16.5. The second kappa shape index (κ2) is 6.25. The largest absolute Gasteiger partial charge is 0.507 e. The molecule has 0 saturated carbocycles. The van der Waals surface area contributed by atoms with E-state index in [4.69, 9.17) is 4.42 Å². The van der Waals surface area contributed by atoms with Gasteiger partial charge in [0.15, 0.2) is 17.1 Å². The lowest BCUT2D eigenvalue weighted by Crippen LogP contribution is -2.55. The van der Waals surface area contributed by atoms with Crippen LogP contribution in [0.4, 0.5) is 4.39 Å². The molecule has 4 heterocycles. The third-order valence-electron chi connectivity index (χ3n) is 5.76. The summed E-state index contributed by atoms with van der Waals surface area (Å²) in [5.41, 5.74) is 2.24. The molecule has 1 aliphatic rings. The first-order valence-corrected chi connectivity index (χ1v) is 9.67. The van der Waals surface area contributed by atoms with Gasteiger partial charge in [0, 0.05) is 35.7 Å². The number of halogens is 1. The van der Waals surface area contributed by atoms with Crippen molar-refractivity contribution >= 4 is 22.1 Å². The first kappa shape index (κ1) is 18.1. The van der Waals surface area contributed by atoms with Crippen molar-refractivity contribution in [2.45, 2.75) is 44.9 Å². The zero-order chi connectivity index (χ0) is 20.3. The van der Waals surface area contributed by atoms with E-state index in [-0.39, 0.29) is 11.8 Å². The summed E-state index contributed by atoms with van der Waals surface area (Å²) in [7, 11) is 0. The number of rotatable bonds is 2. The number of benzene rings is 1. The molecule has 0 aliphatic carbocycles. The molecule has 1 fully saturated rings. The molecule has 8 heteroatoms. The fourth-order valence-corrected chi connectivity index (χ4v) is 4.18. The standard InChI is InChI=1S/C21H22FN5O2/c1-11-24-15-10-17(28)13(9-18(15)29-11)14-8-12-5-7-27(20(12)26-25-14)16-4-6-23-21(2,3)19(16)22/h5,7-10,16,19,23,28H,4,6H2,1-3H3/t16-,19-/m0/s1. The third kappa shape index (κ3) is 2.86. The number of aromatic hydroxyl groups is 1. The van der Waals surface area contributed by atoms with Gasteiger partial charge in [0.25, 0.3) is 0 Å². The maximum atomic E-state index is 15.1. The van der Waals surface area contributed by atoms with E-state index in [1.165, 1.54) is 0 Å². The number of phenolic OH excluding ortho intramolecular Hbond substituents is 1. The number of aryl methyl sites for hydroxylation is 1. The van der Waals surface area contributed by atoms with Crippen LogP contribution >= 0.6 is 0 Å². The average molecular weight is 395 g/mol. The number of hydrogen-bond acceptors (Lipinski definition) is 6. The molecule has 4 aromatic rings. The predicted molar refractivity (Wildman–Crippen MR) is 108 cm³/mol. The van der Waals surface area contributed by atoms with Crippen molar-refractivity contribution in [3.8, 4) is 17.0 Å². The summed E-state index contributed by atoms with van der Waals surface area (Å²) >= 11 is 0. The molecular weight excluding hydrogens is 373 g/mol. The number of phenols is 1. The van der Waals surface area contributed by atoms with Crippen molar-refractivity contribution in [3.63, 3.8) is 0 Å². The number of nitrogens with one attached hydrogen (secondary N) is 1. The lowest BCUT2D eigenvalue weighted by atomic mass is 9.87. The summed E-state index contributed by atoms with van der Waals surface area (Å²) in [6, 6.07) is 6.73. The molecule has 1 aromatic carbocycles. The highest BCUT2D eigenvalue weighted by molar-refractivity contribution is 5.86. The smallest absolute Gasteiger partial charge is 0.192 e. The second-order valence-electron chi connectivity index (χ2n) is 8.21. The van der Waals surface area contributed by atoms with Gasteiger partial charge in [-0.3, -0.25) is 0 Å². The summed E-state index contributed by atoms with van der Waals surface area (Å²) in [5.74, 6) is 0.587. The van der Waals surface area contributed by atoms with Crippen LogP contribution in [0.1, 0.15) is 32.2 Å². The van der Waals surface area contributed by atoms with Crippen molar-refractivity contribution < 1.29 is 13.9 Å². The topological polar surface area (TPSA) is 89.0 Å². The summed E-state index contributed by atoms with van der Waals surface area (Å²) in [6.45, 7) is 6.26. The molecule has 0 bridgehead atoms. The maximum Gasteiger partial charge on any atom is 0.192 e. The van der Waals surface area contributed by atoms with Crippen molar-refractivity contribution in [2.24, 2.45) is 0 Å². The van der Waals surface area contributed by atoms with E-state index in [1.807, 2.05) is 36.7 Å². The molecule has 0 unspecified atom stereocenters. The van der Waals surface area contributed by atoms with Gasteiger partial charge in [-0.15, -0.1) is 10.2 Å². The van der Waals surface area contributed by atoms with E-state index < -0.39 is 11.7 Å². The summed E-state index contributed by atoms with van der Waals surface area (Å²) in [5, 5.41) is 23.2. The van der Waals surface area contributed by atoms with Crippen LogP contribution < -0.4 is 5.32 Å². The van der Waals surface area contributed by atoms with Gasteiger partial charge in [-0.05, 0) is 45.0 Å². The Bertz CT molecular complexity index is 1230. The van der Waals surface area contributed by atoms with E-state index >= 15 is 4.39 Å². The number of hydrogen-bond donors (Lipinski definition) is 2. The number of aromatic nitrogens is 4. The Morgan fingerprint density at radius 1 is 1.28 bits per heavy atom.